The van der Waals surface area contributed by atoms with Gasteiger partial charge < -0.3 is 4.74 Å². The van der Waals surface area contributed by atoms with Crippen molar-refractivity contribution < 1.29 is 4.74 Å². The molecule has 0 aromatic heterocycles. The molecule has 0 bridgehead atoms. The molecule has 0 amide bonds. The highest BCUT2D eigenvalue weighted by atomic mass is 28.3. The third-order valence-corrected chi connectivity index (χ3v) is 2.71. The molecule has 1 atom stereocenters. The van der Waals surface area contributed by atoms with E-state index >= 15 is 0 Å². The summed E-state index contributed by atoms with van der Waals surface area (Å²) in [6.45, 7) is 7.96. The normalized spacial score (nSPS) is 22.3. The van der Waals surface area contributed by atoms with Crippen LogP contribution in [0.5, 0.6) is 0 Å². The summed E-state index contributed by atoms with van der Waals surface area (Å²) in [7, 11) is -0.923. The molecule has 0 radical (unpaired) electrons. The van der Waals surface area contributed by atoms with Crippen LogP contribution in [0.1, 0.15) is 6.42 Å². The fourth-order valence-corrected chi connectivity index (χ4v) is 1.35. The number of hydrogen-bond donors (Lipinski definition) is 0. The molecule has 1 fully saturated rings. The first-order valence-electron chi connectivity index (χ1n) is 4.15. The topological polar surface area (TPSA) is 12.5 Å². The van der Waals surface area contributed by atoms with Crippen molar-refractivity contribution >= 4 is 8.07 Å². The summed E-state index contributed by atoms with van der Waals surface area (Å²) in [4.78, 5) is 0. The lowest BCUT2D eigenvalue weighted by Gasteiger charge is -2.09. The van der Waals surface area contributed by atoms with Crippen molar-refractivity contribution in [3.05, 3.63) is 0 Å². The summed E-state index contributed by atoms with van der Waals surface area (Å²) in [5.41, 5.74) is 0. The Morgan fingerprint density at radius 3 is 2.45 bits per heavy atom. The molecule has 11 heavy (non-hydrogen) atoms. The van der Waals surface area contributed by atoms with Crippen LogP contribution in [-0.4, -0.2) is 20.8 Å². The molecule has 0 unspecified atom stereocenters. The van der Waals surface area contributed by atoms with E-state index in [9.17, 15) is 0 Å². The SMILES string of the molecule is C[Si](C)(C)CC#CC[C@H]1CO1. The molecule has 1 aliphatic heterocycles. The van der Waals surface area contributed by atoms with E-state index in [-0.39, 0.29) is 0 Å². The fraction of sp³-hybridized carbons (Fsp3) is 0.778. The van der Waals surface area contributed by atoms with Gasteiger partial charge in [-0.2, -0.15) is 0 Å². The summed E-state index contributed by atoms with van der Waals surface area (Å²) >= 11 is 0. The molecule has 1 rings (SSSR count). The maximum Gasteiger partial charge on any atom is 0.0918 e. The predicted molar refractivity (Wildman–Crippen MR) is 50.3 cm³/mol. The minimum Gasteiger partial charge on any atom is -0.372 e. The predicted octanol–water partition coefficient (Wildman–Crippen LogP) is 2.12. The molecule has 1 saturated heterocycles. The quantitative estimate of drug-likeness (QED) is 0.349. The van der Waals surface area contributed by atoms with E-state index in [1.165, 1.54) is 0 Å². The maximum atomic E-state index is 5.05. The zero-order chi connectivity index (χ0) is 8.32. The monoisotopic (exact) mass is 168 g/mol. The largest absolute Gasteiger partial charge is 0.372 e. The molecule has 1 aliphatic rings. The smallest absolute Gasteiger partial charge is 0.0918 e. The van der Waals surface area contributed by atoms with Gasteiger partial charge in [-0.15, -0.1) is 11.8 Å². The Morgan fingerprint density at radius 1 is 1.36 bits per heavy atom. The van der Waals surface area contributed by atoms with Gasteiger partial charge in [0.25, 0.3) is 0 Å². The molecule has 0 aliphatic carbocycles. The van der Waals surface area contributed by atoms with Gasteiger partial charge in [-0.25, -0.2) is 0 Å². The number of epoxide rings is 1. The molecule has 0 spiro atoms. The highest BCUT2D eigenvalue weighted by molar-refractivity contribution is 6.76. The molecule has 1 nitrogen and oxygen atoms in total. The first-order chi connectivity index (χ1) is 5.08. The summed E-state index contributed by atoms with van der Waals surface area (Å²) in [5, 5.41) is 0. The number of hydrogen-bond acceptors (Lipinski definition) is 1. The van der Waals surface area contributed by atoms with Gasteiger partial charge in [-0.3, -0.25) is 0 Å². The van der Waals surface area contributed by atoms with Gasteiger partial charge in [-0.1, -0.05) is 19.6 Å². The van der Waals surface area contributed by atoms with Crippen molar-refractivity contribution in [3.8, 4) is 11.8 Å². The van der Waals surface area contributed by atoms with Crippen LogP contribution >= 0.6 is 0 Å². The summed E-state index contributed by atoms with van der Waals surface area (Å²) in [6, 6.07) is 1.12. The Hall–Kier alpha value is -0.263. The number of rotatable bonds is 2. The Kier molecular flexibility index (Phi) is 2.75. The Labute approximate surface area is 70.1 Å². The van der Waals surface area contributed by atoms with Crippen LogP contribution in [0.3, 0.4) is 0 Å². The van der Waals surface area contributed by atoms with Gasteiger partial charge in [0.2, 0.25) is 0 Å². The van der Waals surface area contributed by atoms with Gasteiger partial charge in [0, 0.05) is 12.5 Å². The van der Waals surface area contributed by atoms with Gasteiger partial charge in [0.1, 0.15) is 0 Å². The van der Waals surface area contributed by atoms with Crippen LogP contribution in [0, 0.1) is 11.8 Å². The molecule has 0 saturated carbocycles. The summed E-state index contributed by atoms with van der Waals surface area (Å²) < 4.78 is 5.05. The third-order valence-electron chi connectivity index (χ3n) is 1.48. The van der Waals surface area contributed by atoms with Crippen molar-refractivity contribution in [2.24, 2.45) is 0 Å². The fourth-order valence-electron chi connectivity index (χ4n) is 0.700. The van der Waals surface area contributed by atoms with Gasteiger partial charge in [0.05, 0.1) is 20.8 Å². The van der Waals surface area contributed by atoms with Gasteiger partial charge in [0.15, 0.2) is 0 Å². The Bertz CT molecular complexity index is 178. The zero-order valence-electron chi connectivity index (χ0n) is 7.61. The lowest BCUT2D eigenvalue weighted by atomic mass is 10.3. The van der Waals surface area contributed by atoms with Crippen molar-refractivity contribution in [2.75, 3.05) is 6.61 Å². The molecule has 0 aromatic rings. The van der Waals surface area contributed by atoms with Crippen LogP contribution in [-0.2, 0) is 4.74 Å². The first-order valence-corrected chi connectivity index (χ1v) is 7.86. The lowest BCUT2D eigenvalue weighted by Crippen LogP contribution is -2.17. The van der Waals surface area contributed by atoms with E-state index in [0.29, 0.717) is 6.10 Å². The molecule has 0 N–H and O–H groups in total. The molecular weight excluding hydrogens is 152 g/mol. The van der Waals surface area contributed by atoms with E-state index < -0.39 is 8.07 Å². The van der Waals surface area contributed by atoms with Crippen LogP contribution in [0.15, 0.2) is 0 Å². The van der Waals surface area contributed by atoms with Crippen molar-refractivity contribution in [1.82, 2.24) is 0 Å². The van der Waals surface area contributed by atoms with Gasteiger partial charge in [-0.05, 0) is 0 Å². The van der Waals surface area contributed by atoms with Crippen LogP contribution in [0.4, 0.5) is 0 Å². The van der Waals surface area contributed by atoms with E-state index in [0.717, 1.165) is 19.1 Å². The van der Waals surface area contributed by atoms with Crippen LogP contribution in [0.25, 0.3) is 0 Å². The van der Waals surface area contributed by atoms with Gasteiger partial charge >= 0.3 is 0 Å². The van der Waals surface area contributed by atoms with Crippen molar-refractivity contribution in [1.29, 1.82) is 0 Å². The molecule has 1 heterocycles. The lowest BCUT2D eigenvalue weighted by molar-refractivity contribution is 0.412. The standard InChI is InChI=1S/C9H16OSi/c1-11(2,3)7-5-4-6-9-8-10-9/h9H,6-8H2,1-3H3/t9-/m0/s1. The first kappa shape index (κ1) is 8.83. The molecule has 0 aromatic carbocycles. The molecule has 62 valence electrons. The summed E-state index contributed by atoms with van der Waals surface area (Å²) in [6.07, 6.45) is 1.42. The highest BCUT2D eigenvalue weighted by Crippen LogP contribution is 2.12. The second kappa shape index (κ2) is 3.42. The average molecular weight is 168 g/mol. The van der Waals surface area contributed by atoms with E-state index in [2.05, 4.69) is 31.5 Å². The van der Waals surface area contributed by atoms with E-state index in [1.807, 2.05) is 0 Å². The molecular formula is C9H16OSi. The van der Waals surface area contributed by atoms with E-state index in [1.54, 1.807) is 0 Å². The minimum atomic E-state index is -0.923. The van der Waals surface area contributed by atoms with Crippen molar-refractivity contribution in [2.45, 2.75) is 38.2 Å². The Balaban J connectivity index is 2.11. The number of ether oxygens (including phenoxy) is 1. The van der Waals surface area contributed by atoms with Crippen molar-refractivity contribution in [3.63, 3.8) is 0 Å². The second-order valence-electron chi connectivity index (χ2n) is 4.25. The maximum absolute atomic E-state index is 5.05. The second-order valence-corrected chi connectivity index (χ2v) is 9.73. The average Bonchev–Trinajstić information content (AvgIpc) is 2.60. The molecule has 2 heteroatoms. The summed E-state index contributed by atoms with van der Waals surface area (Å²) in [5.74, 6) is 6.39. The zero-order valence-corrected chi connectivity index (χ0v) is 8.61. The Morgan fingerprint density at radius 2 is 2.00 bits per heavy atom. The van der Waals surface area contributed by atoms with Crippen LogP contribution in [0.2, 0.25) is 25.7 Å². The highest BCUT2D eigenvalue weighted by Gasteiger charge is 2.20. The third kappa shape index (κ3) is 5.06. The van der Waals surface area contributed by atoms with Crippen LogP contribution < -0.4 is 0 Å². The minimum absolute atomic E-state index is 0.476. The van der Waals surface area contributed by atoms with E-state index in [4.69, 9.17) is 4.74 Å².